The van der Waals surface area contributed by atoms with Gasteiger partial charge in [0.15, 0.2) is 0 Å². The minimum absolute atomic E-state index is 0.521. The van der Waals surface area contributed by atoms with E-state index in [1.54, 1.807) is 0 Å². The molecule has 0 bridgehead atoms. The Bertz CT molecular complexity index is 464. The van der Waals surface area contributed by atoms with Crippen molar-refractivity contribution in [2.75, 3.05) is 38.6 Å². The number of anilines is 1. The summed E-state index contributed by atoms with van der Waals surface area (Å²) in [7, 11) is 0. The first-order valence-electron chi connectivity index (χ1n) is 5.99. The zero-order valence-electron chi connectivity index (χ0n) is 10.2. The standard InChI is InChI=1S/C13H16BrN3O/c14-12-8-10(7-11(9-15)13(12)16)1-2-17-3-5-18-6-4-17/h7-8H,1-6,16H2. The van der Waals surface area contributed by atoms with Crippen LogP contribution in [0.5, 0.6) is 0 Å². The molecular formula is C13H16BrN3O. The summed E-state index contributed by atoms with van der Waals surface area (Å²) >= 11 is 3.39. The van der Waals surface area contributed by atoms with Crippen LogP contribution in [0.4, 0.5) is 5.69 Å². The minimum Gasteiger partial charge on any atom is -0.397 e. The van der Waals surface area contributed by atoms with Gasteiger partial charge < -0.3 is 10.5 Å². The van der Waals surface area contributed by atoms with Crippen LogP contribution in [0.3, 0.4) is 0 Å². The highest BCUT2D eigenvalue weighted by Crippen LogP contribution is 2.25. The normalized spacial score (nSPS) is 16.4. The molecule has 4 nitrogen and oxygen atoms in total. The second kappa shape index (κ2) is 6.19. The van der Waals surface area contributed by atoms with E-state index in [0.717, 1.165) is 49.3 Å². The molecule has 1 saturated heterocycles. The lowest BCUT2D eigenvalue weighted by atomic mass is 10.1. The van der Waals surface area contributed by atoms with Crippen LogP contribution in [0.25, 0.3) is 0 Å². The lowest BCUT2D eigenvalue weighted by Gasteiger charge is -2.26. The number of nitrogen functional groups attached to an aromatic ring is 1. The molecule has 5 heteroatoms. The molecule has 0 spiro atoms. The summed E-state index contributed by atoms with van der Waals surface area (Å²) in [6.45, 7) is 4.59. The predicted molar refractivity (Wildman–Crippen MR) is 74.2 cm³/mol. The molecule has 0 unspecified atom stereocenters. The maximum atomic E-state index is 9.01. The number of morpholine rings is 1. The zero-order valence-corrected chi connectivity index (χ0v) is 11.7. The Morgan fingerprint density at radius 1 is 1.39 bits per heavy atom. The fourth-order valence-corrected chi connectivity index (χ4v) is 2.53. The average molecular weight is 310 g/mol. The van der Waals surface area contributed by atoms with Gasteiger partial charge in [0.2, 0.25) is 0 Å². The largest absolute Gasteiger partial charge is 0.397 e. The van der Waals surface area contributed by atoms with E-state index in [1.807, 2.05) is 12.1 Å². The number of ether oxygens (including phenoxy) is 1. The van der Waals surface area contributed by atoms with Gasteiger partial charge in [-0.1, -0.05) is 0 Å². The van der Waals surface area contributed by atoms with Crippen LogP contribution in [0.2, 0.25) is 0 Å². The van der Waals surface area contributed by atoms with Gasteiger partial charge >= 0.3 is 0 Å². The van der Waals surface area contributed by atoms with Crippen molar-refractivity contribution in [3.63, 3.8) is 0 Å². The maximum Gasteiger partial charge on any atom is 0.101 e. The Labute approximate surface area is 115 Å². The number of nitrogens with zero attached hydrogens (tertiary/aromatic N) is 2. The third-order valence-corrected chi connectivity index (χ3v) is 3.79. The molecule has 2 rings (SSSR count). The van der Waals surface area contributed by atoms with Crippen LogP contribution < -0.4 is 5.73 Å². The molecule has 1 fully saturated rings. The number of rotatable bonds is 3. The highest BCUT2D eigenvalue weighted by molar-refractivity contribution is 9.10. The van der Waals surface area contributed by atoms with Crippen molar-refractivity contribution < 1.29 is 4.74 Å². The Morgan fingerprint density at radius 3 is 2.78 bits per heavy atom. The van der Waals surface area contributed by atoms with Crippen molar-refractivity contribution in [3.05, 3.63) is 27.7 Å². The lowest BCUT2D eigenvalue weighted by Crippen LogP contribution is -2.37. The fraction of sp³-hybridized carbons (Fsp3) is 0.462. The van der Waals surface area contributed by atoms with E-state index in [0.29, 0.717) is 11.3 Å². The number of benzene rings is 1. The highest BCUT2D eigenvalue weighted by atomic mass is 79.9. The van der Waals surface area contributed by atoms with E-state index < -0.39 is 0 Å². The summed E-state index contributed by atoms with van der Waals surface area (Å²) in [4.78, 5) is 2.37. The first-order chi connectivity index (χ1) is 8.70. The summed E-state index contributed by atoms with van der Waals surface area (Å²) in [6.07, 6.45) is 0.924. The summed E-state index contributed by atoms with van der Waals surface area (Å²) in [5, 5.41) is 9.01. The van der Waals surface area contributed by atoms with E-state index in [2.05, 4.69) is 26.9 Å². The summed E-state index contributed by atoms with van der Waals surface area (Å²) in [5.41, 5.74) is 8.01. The van der Waals surface area contributed by atoms with Crippen molar-refractivity contribution in [1.82, 2.24) is 4.90 Å². The van der Waals surface area contributed by atoms with E-state index in [-0.39, 0.29) is 0 Å². The van der Waals surface area contributed by atoms with Gasteiger partial charge in [-0.2, -0.15) is 5.26 Å². The molecule has 96 valence electrons. The van der Waals surface area contributed by atoms with Crippen molar-refractivity contribution in [2.45, 2.75) is 6.42 Å². The molecule has 0 aliphatic carbocycles. The Morgan fingerprint density at radius 2 is 2.11 bits per heavy atom. The van der Waals surface area contributed by atoms with Gasteiger partial charge in [-0.15, -0.1) is 0 Å². The molecule has 1 aromatic carbocycles. The molecule has 1 aliphatic rings. The number of nitrogens with two attached hydrogens (primary N) is 1. The van der Waals surface area contributed by atoms with Gasteiger partial charge in [-0.05, 0) is 40.0 Å². The fourth-order valence-electron chi connectivity index (χ4n) is 2.02. The van der Waals surface area contributed by atoms with Crippen molar-refractivity contribution in [3.8, 4) is 6.07 Å². The molecule has 1 heterocycles. The van der Waals surface area contributed by atoms with Crippen LogP contribution >= 0.6 is 15.9 Å². The van der Waals surface area contributed by atoms with Crippen LogP contribution in [0.1, 0.15) is 11.1 Å². The molecule has 1 aromatic rings. The van der Waals surface area contributed by atoms with E-state index in [4.69, 9.17) is 15.7 Å². The van der Waals surface area contributed by atoms with Gasteiger partial charge in [0.05, 0.1) is 24.5 Å². The number of halogens is 1. The molecule has 0 saturated carbocycles. The van der Waals surface area contributed by atoms with E-state index in [9.17, 15) is 0 Å². The van der Waals surface area contributed by atoms with Crippen LogP contribution in [0.15, 0.2) is 16.6 Å². The first kappa shape index (κ1) is 13.3. The Balaban J connectivity index is 2.01. The van der Waals surface area contributed by atoms with Gasteiger partial charge in [-0.25, -0.2) is 0 Å². The minimum atomic E-state index is 0.521. The highest BCUT2D eigenvalue weighted by Gasteiger charge is 2.11. The van der Waals surface area contributed by atoms with Crippen LogP contribution in [-0.2, 0) is 11.2 Å². The second-order valence-electron chi connectivity index (χ2n) is 4.35. The van der Waals surface area contributed by atoms with Gasteiger partial charge in [0.25, 0.3) is 0 Å². The third kappa shape index (κ3) is 3.22. The molecule has 18 heavy (non-hydrogen) atoms. The smallest absolute Gasteiger partial charge is 0.101 e. The van der Waals surface area contributed by atoms with Crippen molar-refractivity contribution >= 4 is 21.6 Å². The quantitative estimate of drug-likeness (QED) is 0.865. The third-order valence-electron chi connectivity index (χ3n) is 3.13. The maximum absolute atomic E-state index is 9.01. The van der Waals surface area contributed by atoms with Crippen LogP contribution in [0, 0.1) is 11.3 Å². The zero-order chi connectivity index (χ0) is 13.0. The number of hydrogen-bond donors (Lipinski definition) is 1. The topological polar surface area (TPSA) is 62.3 Å². The van der Waals surface area contributed by atoms with Gasteiger partial charge in [0, 0.05) is 24.1 Å². The second-order valence-corrected chi connectivity index (χ2v) is 5.21. The molecule has 1 aliphatic heterocycles. The van der Waals surface area contributed by atoms with E-state index >= 15 is 0 Å². The summed E-state index contributed by atoms with van der Waals surface area (Å²) < 4.78 is 6.12. The number of nitriles is 1. The Kier molecular flexibility index (Phi) is 4.59. The monoisotopic (exact) mass is 309 g/mol. The van der Waals surface area contributed by atoms with Gasteiger partial charge in [0.1, 0.15) is 6.07 Å². The SMILES string of the molecule is N#Cc1cc(CCN2CCOCC2)cc(Br)c1N. The van der Waals surface area contributed by atoms with Crippen molar-refractivity contribution in [2.24, 2.45) is 0 Å². The first-order valence-corrected chi connectivity index (χ1v) is 6.78. The molecule has 0 aromatic heterocycles. The molecule has 0 amide bonds. The molecule has 0 radical (unpaired) electrons. The van der Waals surface area contributed by atoms with E-state index in [1.165, 1.54) is 0 Å². The average Bonchev–Trinajstić information content (AvgIpc) is 2.41. The lowest BCUT2D eigenvalue weighted by molar-refractivity contribution is 0.0384. The molecule has 0 atom stereocenters. The summed E-state index contributed by atoms with van der Waals surface area (Å²) in [6, 6.07) is 6.00. The van der Waals surface area contributed by atoms with Gasteiger partial charge in [-0.3, -0.25) is 4.90 Å². The Hall–Kier alpha value is -1.09. The molecule has 2 N–H and O–H groups in total. The summed E-state index contributed by atoms with van der Waals surface area (Å²) in [5.74, 6) is 0. The number of hydrogen-bond acceptors (Lipinski definition) is 4. The predicted octanol–water partition coefficient (Wildman–Crippen LogP) is 1.78. The molecular weight excluding hydrogens is 294 g/mol. The van der Waals surface area contributed by atoms with Crippen LogP contribution in [-0.4, -0.2) is 37.7 Å². The van der Waals surface area contributed by atoms with Crippen molar-refractivity contribution in [1.29, 1.82) is 5.26 Å².